The van der Waals surface area contributed by atoms with Crippen LogP contribution >= 0.6 is 31.9 Å². The third-order valence-electron chi connectivity index (χ3n) is 9.74. The van der Waals surface area contributed by atoms with Crippen LogP contribution in [0.2, 0.25) is 0 Å². The number of unbranched alkanes of at least 4 members (excludes halogenated alkanes) is 12. The molecule has 0 radical (unpaired) electrons. The summed E-state index contributed by atoms with van der Waals surface area (Å²) in [4.78, 5) is 1.20. The molecule has 8 atom stereocenters. The number of hydrogen-bond acceptors (Lipinski definition) is 3. The van der Waals surface area contributed by atoms with Crippen molar-refractivity contribution < 1.29 is 14.2 Å². The van der Waals surface area contributed by atoms with Crippen molar-refractivity contribution in [3.05, 3.63) is 0 Å². The van der Waals surface area contributed by atoms with Crippen LogP contribution in [0.3, 0.4) is 0 Å². The van der Waals surface area contributed by atoms with Crippen LogP contribution < -0.4 is 0 Å². The molecule has 0 rings (SSSR count). The van der Waals surface area contributed by atoms with Crippen LogP contribution in [0.15, 0.2) is 0 Å². The van der Waals surface area contributed by atoms with Crippen LogP contribution in [-0.4, -0.2) is 35.4 Å². The molecule has 0 aliphatic heterocycles. The second kappa shape index (κ2) is 34.0. The highest BCUT2D eigenvalue weighted by Crippen LogP contribution is 2.26. The van der Waals surface area contributed by atoms with E-state index in [0.29, 0.717) is 9.65 Å². The van der Waals surface area contributed by atoms with Gasteiger partial charge in [0.15, 0.2) is 12.6 Å². The molecule has 47 heavy (non-hydrogen) atoms. The minimum Gasteiger partial charge on any atom is -0.353 e. The van der Waals surface area contributed by atoms with E-state index < -0.39 is 0 Å². The van der Waals surface area contributed by atoms with Gasteiger partial charge in [-0.3, -0.25) is 0 Å². The van der Waals surface area contributed by atoms with E-state index in [1.54, 1.807) is 0 Å². The van der Waals surface area contributed by atoms with Crippen LogP contribution in [0.5, 0.6) is 0 Å². The van der Waals surface area contributed by atoms with E-state index in [2.05, 4.69) is 87.2 Å². The van der Waals surface area contributed by atoms with Gasteiger partial charge in [0.1, 0.15) is 0 Å². The van der Waals surface area contributed by atoms with Gasteiger partial charge in [-0.25, -0.2) is 0 Å². The molecule has 0 amide bonds. The van der Waals surface area contributed by atoms with Gasteiger partial charge in [-0.1, -0.05) is 177 Å². The lowest BCUT2D eigenvalue weighted by atomic mass is 9.90. The molecule has 0 aliphatic carbocycles. The summed E-state index contributed by atoms with van der Waals surface area (Å²) in [7, 11) is 0. The highest BCUT2D eigenvalue weighted by molar-refractivity contribution is 9.09. The molecule has 284 valence electrons. The molecular weight excluding hydrogens is 712 g/mol. The molecule has 5 heteroatoms. The average molecular weight is 797 g/mol. The minimum atomic E-state index is -0.154. The first-order chi connectivity index (χ1) is 22.6. The topological polar surface area (TPSA) is 27.7 Å². The zero-order valence-corrected chi connectivity index (χ0v) is 36.2. The summed E-state index contributed by atoms with van der Waals surface area (Å²) in [5.41, 5.74) is 0. The van der Waals surface area contributed by atoms with Gasteiger partial charge in [-0.15, -0.1) is 0 Å². The maximum atomic E-state index is 6.74. The summed E-state index contributed by atoms with van der Waals surface area (Å²) in [5, 5.41) is 0. The standard InChI is InChI=1S/C42H84Br2O3/c1-9-11-13-15-17-19-21-29-45-41(27-23-25-35(3)31-37(5)33-39(7)43)47-42(46-30-22-20-18-16-14-12-10-2)28-24-26-36(4)32-38(6)34-40(8)44/h35-42H,9-34H2,1-8H3. The summed E-state index contributed by atoms with van der Waals surface area (Å²) >= 11 is 7.49. The molecule has 0 aliphatic rings. The lowest BCUT2D eigenvalue weighted by molar-refractivity contribution is -0.250. The molecule has 0 aromatic rings. The highest BCUT2D eigenvalue weighted by atomic mass is 79.9. The lowest BCUT2D eigenvalue weighted by Crippen LogP contribution is -2.28. The number of ether oxygens (including phenoxy) is 3. The van der Waals surface area contributed by atoms with E-state index in [0.717, 1.165) is 75.4 Å². The van der Waals surface area contributed by atoms with Crippen LogP contribution in [-0.2, 0) is 14.2 Å². The van der Waals surface area contributed by atoms with Crippen molar-refractivity contribution in [3.8, 4) is 0 Å². The fraction of sp³-hybridized carbons (Fsp3) is 1.00. The number of hydrogen-bond donors (Lipinski definition) is 0. The molecule has 0 saturated heterocycles. The Balaban J connectivity index is 5.10. The normalized spacial score (nSPS) is 17.2. The Labute approximate surface area is 313 Å². The minimum absolute atomic E-state index is 0.154. The molecular formula is C42H84Br2O3. The van der Waals surface area contributed by atoms with Crippen molar-refractivity contribution >= 4 is 31.9 Å². The molecule has 0 aromatic heterocycles. The predicted octanol–water partition coefficient (Wildman–Crippen LogP) is 15.2. The smallest absolute Gasteiger partial charge is 0.160 e. The molecule has 0 aromatic carbocycles. The molecule has 0 heterocycles. The van der Waals surface area contributed by atoms with Crippen molar-refractivity contribution in [2.75, 3.05) is 13.2 Å². The SMILES string of the molecule is CCCCCCCCCOC(CCCC(C)CC(C)CC(C)Br)OC(CCCC(C)CC(C)CC(C)Br)OCCCCCCCCC. The Morgan fingerprint density at radius 2 is 0.723 bits per heavy atom. The van der Waals surface area contributed by atoms with Gasteiger partial charge in [-0.2, -0.15) is 0 Å². The number of halogens is 2. The lowest BCUT2D eigenvalue weighted by Gasteiger charge is -2.27. The maximum absolute atomic E-state index is 6.74. The fourth-order valence-corrected chi connectivity index (χ4v) is 8.55. The fourth-order valence-electron chi connectivity index (χ4n) is 7.28. The van der Waals surface area contributed by atoms with Crippen LogP contribution in [0.4, 0.5) is 0 Å². The first kappa shape index (κ1) is 47.8. The summed E-state index contributed by atoms with van der Waals surface area (Å²) in [5.74, 6) is 3.00. The third kappa shape index (κ3) is 33.7. The average Bonchev–Trinajstić information content (AvgIpc) is 2.98. The number of alkyl halides is 2. The molecule has 0 bridgehead atoms. The summed E-state index contributed by atoms with van der Waals surface area (Å²) < 4.78 is 19.7. The summed E-state index contributed by atoms with van der Waals surface area (Å²) in [6.45, 7) is 20.4. The van der Waals surface area contributed by atoms with Crippen molar-refractivity contribution in [2.45, 2.75) is 232 Å². The van der Waals surface area contributed by atoms with E-state index in [4.69, 9.17) is 14.2 Å². The maximum Gasteiger partial charge on any atom is 0.160 e. The van der Waals surface area contributed by atoms with E-state index >= 15 is 0 Å². The van der Waals surface area contributed by atoms with E-state index in [-0.39, 0.29) is 12.6 Å². The van der Waals surface area contributed by atoms with Crippen LogP contribution in [0.1, 0.15) is 209 Å². The largest absolute Gasteiger partial charge is 0.353 e. The zero-order valence-electron chi connectivity index (χ0n) is 33.0. The van der Waals surface area contributed by atoms with Crippen LogP contribution in [0, 0.1) is 23.7 Å². The number of rotatable bonds is 36. The predicted molar refractivity (Wildman–Crippen MR) is 216 cm³/mol. The van der Waals surface area contributed by atoms with Gasteiger partial charge in [0.05, 0.1) is 0 Å². The summed E-state index contributed by atoms with van der Waals surface area (Å²) in [6.07, 6.45) is 29.8. The second-order valence-electron chi connectivity index (χ2n) is 15.8. The Morgan fingerprint density at radius 3 is 1.06 bits per heavy atom. The van der Waals surface area contributed by atoms with Crippen molar-refractivity contribution in [2.24, 2.45) is 23.7 Å². The Hall–Kier alpha value is 0.840. The van der Waals surface area contributed by atoms with E-state index in [1.165, 1.54) is 116 Å². The van der Waals surface area contributed by atoms with Gasteiger partial charge in [-0.05, 0) is 87.9 Å². The van der Waals surface area contributed by atoms with Gasteiger partial charge in [0.25, 0.3) is 0 Å². The second-order valence-corrected chi connectivity index (χ2v) is 18.9. The quantitative estimate of drug-likeness (QED) is 0.0359. The van der Waals surface area contributed by atoms with Gasteiger partial charge in [0.2, 0.25) is 0 Å². The van der Waals surface area contributed by atoms with Crippen LogP contribution in [0.25, 0.3) is 0 Å². The molecule has 0 N–H and O–H groups in total. The van der Waals surface area contributed by atoms with Gasteiger partial charge in [0, 0.05) is 22.9 Å². The van der Waals surface area contributed by atoms with E-state index in [1.807, 2.05) is 0 Å². The monoisotopic (exact) mass is 794 g/mol. The van der Waals surface area contributed by atoms with Crippen molar-refractivity contribution in [1.82, 2.24) is 0 Å². The van der Waals surface area contributed by atoms with Gasteiger partial charge >= 0.3 is 0 Å². The van der Waals surface area contributed by atoms with E-state index in [9.17, 15) is 0 Å². The molecule has 8 unspecified atom stereocenters. The zero-order chi connectivity index (χ0) is 35.1. The Morgan fingerprint density at radius 1 is 0.383 bits per heavy atom. The Kier molecular flexibility index (Phi) is 34.6. The Bertz CT molecular complexity index is 579. The first-order valence-corrected chi connectivity index (χ1v) is 22.6. The highest BCUT2D eigenvalue weighted by Gasteiger charge is 2.20. The van der Waals surface area contributed by atoms with Crippen molar-refractivity contribution in [1.29, 1.82) is 0 Å². The summed E-state index contributed by atoms with van der Waals surface area (Å²) in [6, 6.07) is 0. The first-order valence-electron chi connectivity index (χ1n) is 20.7. The molecule has 0 saturated carbocycles. The third-order valence-corrected chi connectivity index (χ3v) is 10.5. The molecule has 0 spiro atoms. The van der Waals surface area contributed by atoms with Gasteiger partial charge < -0.3 is 14.2 Å². The molecule has 3 nitrogen and oxygen atoms in total. The van der Waals surface area contributed by atoms with Crippen molar-refractivity contribution in [3.63, 3.8) is 0 Å². The molecule has 0 fully saturated rings.